The van der Waals surface area contributed by atoms with Gasteiger partial charge in [-0.25, -0.2) is 0 Å². The van der Waals surface area contributed by atoms with Crippen LogP contribution in [-0.2, 0) is 119 Å². The first-order valence-corrected chi connectivity index (χ1v) is 37.3. The highest BCUT2D eigenvalue weighted by molar-refractivity contribution is 5.88. The summed E-state index contributed by atoms with van der Waals surface area (Å²) in [4.78, 5) is 23.5. The number of unbranched alkanes of at least 4 members (excludes halogenated alkanes) is 13. The fourth-order valence-electron chi connectivity index (χ4n) is 8.77. The molecule has 0 rings (SSSR count). The Morgan fingerprint density at radius 1 is 0.253 bits per heavy atom. The first-order valence-electron chi connectivity index (χ1n) is 37.3. The Morgan fingerprint density at radius 3 is 0.616 bits per heavy atom. The Labute approximate surface area is 595 Å². The predicted molar refractivity (Wildman–Crippen MR) is 375 cm³/mol. The molecule has 99 heavy (non-hydrogen) atoms. The zero-order valence-electron chi connectivity index (χ0n) is 61.5. The van der Waals surface area contributed by atoms with Crippen molar-refractivity contribution in [3.05, 3.63) is 11.6 Å². The lowest BCUT2D eigenvalue weighted by Gasteiger charge is -2.10. The van der Waals surface area contributed by atoms with E-state index in [0.717, 1.165) is 64.2 Å². The summed E-state index contributed by atoms with van der Waals surface area (Å²) in [7, 11) is 0. The quantitative estimate of drug-likeness (QED) is 0.0432. The molecule has 28 heteroatoms. The molecule has 0 radical (unpaired) electrons. The van der Waals surface area contributed by atoms with Crippen molar-refractivity contribution in [3.63, 3.8) is 0 Å². The van der Waals surface area contributed by atoms with Gasteiger partial charge in [0.2, 0.25) is 5.91 Å². The van der Waals surface area contributed by atoms with Gasteiger partial charge >= 0.3 is 5.97 Å². The Morgan fingerprint density at radius 2 is 0.424 bits per heavy atom. The van der Waals surface area contributed by atoms with E-state index in [1.165, 1.54) is 50.5 Å². The Balaban J connectivity index is 3.32. The Bertz CT molecular complexity index is 1570. The van der Waals surface area contributed by atoms with E-state index in [9.17, 15) is 9.59 Å². The number of allylic oxidation sites excluding steroid dienone is 1. The molecule has 0 spiro atoms. The summed E-state index contributed by atoms with van der Waals surface area (Å²) in [6.45, 7) is 25.5. The monoisotopic (exact) mass is 1440 g/mol. The average Bonchev–Trinajstić information content (AvgIpc) is 3.37. The largest absolute Gasteiger partial charge is 0.481 e. The standard InChI is InChI=1S/C71H140N2O26/c1-2-3-4-5-6-8-11-14-17-69(18-15-12-9-7-10-13-16-19-71(75)76)68-70(74)73-21-23-78-25-27-80-29-31-82-33-35-84-37-39-86-41-43-88-45-47-90-49-51-92-53-55-94-57-59-96-61-63-98-65-67-99-66-64-97-62-60-95-58-56-93-54-52-91-50-48-89-46-44-87-42-40-85-38-36-83-34-32-81-30-28-79-26-24-77-22-20-72/h68H,2-67,72H2,1H3,(H,73,74)(H,75,76)/b69-68+. The second kappa shape index (κ2) is 89.9. The van der Waals surface area contributed by atoms with Gasteiger partial charge in [0.15, 0.2) is 0 Å². The van der Waals surface area contributed by atoms with Crippen molar-refractivity contribution < 1.29 is 124 Å². The summed E-state index contributed by atoms with van der Waals surface area (Å²) < 4.78 is 127. The molecule has 0 aliphatic heterocycles. The topological polar surface area (TPSA) is 305 Å². The van der Waals surface area contributed by atoms with E-state index in [1.54, 1.807) is 0 Å². The predicted octanol–water partition coefficient (Wildman–Crippen LogP) is 6.50. The first kappa shape index (κ1) is 96.7. The number of hydrogen-bond acceptors (Lipinski definition) is 26. The minimum atomic E-state index is -0.712. The SMILES string of the molecule is CCCCCCCCCC/C(=C\C(=O)NCCOCCOCCOCCOCCOCCOCCOCCOCCOCCOCCOCCOCCOCCOCCOCCOCCOCCOCCOCCOCCOCCOCCOCCN)CCCCCCCCCC(=O)O. The third-order valence-corrected chi connectivity index (χ3v) is 14.1. The molecule has 0 aliphatic rings. The molecular weight excluding hydrogens is 1300 g/mol. The van der Waals surface area contributed by atoms with E-state index < -0.39 is 5.97 Å². The molecule has 0 atom stereocenters. The summed E-state index contributed by atoms with van der Waals surface area (Å²) in [5, 5.41) is 11.8. The molecule has 1 amide bonds. The van der Waals surface area contributed by atoms with Crippen LogP contribution in [-0.4, -0.2) is 334 Å². The van der Waals surface area contributed by atoms with E-state index in [1.807, 2.05) is 6.08 Å². The van der Waals surface area contributed by atoms with E-state index in [-0.39, 0.29) is 12.3 Å². The number of ether oxygens (including phenoxy) is 23. The number of carbonyl (C=O) groups is 2. The van der Waals surface area contributed by atoms with Gasteiger partial charge in [0.25, 0.3) is 0 Å². The summed E-state index contributed by atoms with van der Waals surface area (Å²) in [6, 6.07) is 0. The van der Waals surface area contributed by atoms with Crippen LogP contribution in [0.15, 0.2) is 11.6 Å². The van der Waals surface area contributed by atoms with Crippen LogP contribution in [0.1, 0.15) is 122 Å². The number of hydrogen-bond donors (Lipinski definition) is 3. The fourth-order valence-corrected chi connectivity index (χ4v) is 8.77. The minimum absolute atomic E-state index is 0.0502. The van der Waals surface area contributed by atoms with Gasteiger partial charge in [-0.2, -0.15) is 0 Å². The number of carboxylic acids is 1. The molecule has 0 heterocycles. The van der Waals surface area contributed by atoms with Gasteiger partial charge < -0.3 is 125 Å². The number of carboxylic acid groups (broad SMARTS) is 1. The van der Waals surface area contributed by atoms with Crippen molar-refractivity contribution in [1.82, 2.24) is 5.32 Å². The fraction of sp³-hybridized carbons (Fsp3) is 0.944. The number of amides is 1. The number of carbonyl (C=O) groups excluding carboxylic acids is 1. The van der Waals surface area contributed by atoms with Crippen LogP contribution < -0.4 is 11.1 Å². The molecule has 0 aromatic carbocycles. The lowest BCUT2D eigenvalue weighted by atomic mass is 9.98. The maximum absolute atomic E-state index is 12.8. The third kappa shape index (κ3) is 89.9. The second-order valence-corrected chi connectivity index (χ2v) is 22.6. The van der Waals surface area contributed by atoms with Gasteiger partial charge in [-0.3, -0.25) is 9.59 Å². The number of aliphatic carboxylic acids is 1. The third-order valence-electron chi connectivity index (χ3n) is 14.1. The Hall–Kier alpha value is -2.28. The Kier molecular flexibility index (Phi) is 87.9. The van der Waals surface area contributed by atoms with Crippen molar-refractivity contribution in [2.75, 3.05) is 317 Å². The molecule has 0 aromatic rings. The molecule has 28 nitrogen and oxygen atoms in total. The van der Waals surface area contributed by atoms with Crippen LogP contribution in [0.2, 0.25) is 0 Å². The molecule has 0 bridgehead atoms. The molecule has 0 saturated carbocycles. The van der Waals surface area contributed by atoms with Crippen LogP contribution in [0.4, 0.5) is 0 Å². The number of rotatable bonds is 91. The van der Waals surface area contributed by atoms with Gasteiger partial charge in [-0.1, -0.05) is 89.5 Å². The molecule has 0 aromatic heterocycles. The van der Waals surface area contributed by atoms with Gasteiger partial charge in [-0.15, -0.1) is 0 Å². The minimum Gasteiger partial charge on any atom is -0.481 e. The lowest BCUT2D eigenvalue weighted by Crippen LogP contribution is -2.26. The van der Waals surface area contributed by atoms with Crippen molar-refractivity contribution in [2.24, 2.45) is 5.73 Å². The molecular formula is C71H140N2O26. The van der Waals surface area contributed by atoms with Crippen LogP contribution in [0, 0.1) is 0 Å². The smallest absolute Gasteiger partial charge is 0.303 e. The lowest BCUT2D eigenvalue weighted by molar-refractivity contribution is -0.137. The van der Waals surface area contributed by atoms with E-state index in [4.69, 9.17) is 120 Å². The van der Waals surface area contributed by atoms with Crippen molar-refractivity contribution in [1.29, 1.82) is 0 Å². The van der Waals surface area contributed by atoms with Crippen LogP contribution in [0.25, 0.3) is 0 Å². The van der Waals surface area contributed by atoms with Crippen LogP contribution in [0.5, 0.6) is 0 Å². The molecule has 590 valence electrons. The number of nitrogens with one attached hydrogen (secondary N) is 1. The summed E-state index contributed by atoms with van der Waals surface area (Å²) in [5.74, 6) is -0.763. The van der Waals surface area contributed by atoms with E-state index in [2.05, 4.69) is 12.2 Å². The van der Waals surface area contributed by atoms with Gasteiger partial charge in [0, 0.05) is 25.6 Å². The van der Waals surface area contributed by atoms with Crippen molar-refractivity contribution in [3.8, 4) is 0 Å². The van der Waals surface area contributed by atoms with Gasteiger partial charge in [0.1, 0.15) is 0 Å². The van der Waals surface area contributed by atoms with Gasteiger partial charge in [-0.05, 0) is 32.1 Å². The maximum Gasteiger partial charge on any atom is 0.303 e. The molecule has 0 unspecified atom stereocenters. The van der Waals surface area contributed by atoms with Crippen molar-refractivity contribution in [2.45, 2.75) is 122 Å². The first-order chi connectivity index (χ1) is 49.1. The van der Waals surface area contributed by atoms with Crippen LogP contribution >= 0.6 is 0 Å². The zero-order valence-corrected chi connectivity index (χ0v) is 61.5. The molecule has 0 saturated heterocycles. The second-order valence-electron chi connectivity index (χ2n) is 22.6. The van der Waals surface area contributed by atoms with Gasteiger partial charge in [0.05, 0.1) is 304 Å². The maximum atomic E-state index is 12.8. The van der Waals surface area contributed by atoms with E-state index in [0.29, 0.717) is 317 Å². The highest BCUT2D eigenvalue weighted by Gasteiger charge is 2.07. The molecule has 0 fully saturated rings. The normalized spacial score (nSPS) is 11.9. The molecule has 4 N–H and O–H groups in total. The summed E-state index contributed by atoms with van der Waals surface area (Å²) in [6.07, 6.45) is 21.5. The highest BCUT2D eigenvalue weighted by Crippen LogP contribution is 2.19. The van der Waals surface area contributed by atoms with Crippen LogP contribution in [0.3, 0.4) is 0 Å². The van der Waals surface area contributed by atoms with Crippen molar-refractivity contribution >= 4 is 11.9 Å². The summed E-state index contributed by atoms with van der Waals surface area (Å²) in [5.41, 5.74) is 6.59. The molecule has 0 aliphatic carbocycles. The highest BCUT2D eigenvalue weighted by atomic mass is 16.6. The number of nitrogens with two attached hydrogens (primary N) is 1. The zero-order chi connectivity index (χ0) is 71.1. The summed E-state index contributed by atoms with van der Waals surface area (Å²) >= 11 is 0. The van der Waals surface area contributed by atoms with E-state index >= 15 is 0 Å². The average molecular weight is 1440 g/mol.